The van der Waals surface area contributed by atoms with E-state index in [0.717, 1.165) is 30.2 Å². The van der Waals surface area contributed by atoms with E-state index in [2.05, 4.69) is 6.92 Å². The van der Waals surface area contributed by atoms with Crippen LogP contribution >= 0.6 is 11.6 Å². The van der Waals surface area contributed by atoms with Gasteiger partial charge in [-0.1, -0.05) is 101 Å². The number of alkyl halides is 1. The quantitative estimate of drug-likeness (QED) is 0.224. The van der Waals surface area contributed by atoms with Gasteiger partial charge in [0.1, 0.15) is 12.5 Å². The molecule has 1 saturated heterocycles. The molecule has 176 valence electrons. The highest BCUT2D eigenvalue weighted by molar-refractivity contribution is 6.58. The molecule has 2 aliphatic rings. The maximum atomic E-state index is 14.2. The monoisotopic (exact) mass is 468 g/mol. The lowest BCUT2D eigenvalue weighted by Gasteiger charge is -2.30. The van der Waals surface area contributed by atoms with Gasteiger partial charge in [0.05, 0.1) is 5.02 Å². The van der Waals surface area contributed by atoms with Crippen molar-refractivity contribution in [3.63, 3.8) is 0 Å². The van der Waals surface area contributed by atoms with Gasteiger partial charge in [-0.3, -0.25) is 0 Å². The minimum Gasteiger partial charge on any atom is -0.246 e. The predicted molar refractivity (Wildman–Crippen MR) is 133 cm³/mol. The van der Waals surface area contributed by atoms with Crippen molar-refractivity contribution in [1.29, 1.82) is 0 Å². The van der Waals surface area contributed by atoms with Gasteiger partial charge in [-0.15, -0.1) is 0 Å². The molecular weight excluding hydrogens is 426 g/mol. The van der Waals surface area contributed by atoms with Gasteiger partial charge < -0.3 is 0 Å². The number of halogens is 3. The number of rotatable bonds is 11. The second-order valence-electron chi connectivity index (χ2n) is 10.4. The minimum atomic E-state index is -0.759. The molecule has 0 bridgehead atoms. The summed E-state index contributed by atoms with van der Waals surface area (Å²) < 4.78 is 27.6. The Labute approximate surface area is 196 Å². The zero-order chi connectivity index (χ0) is 22.1. The maximum absolute atomic E-state index is 14.2. The Kier molecular flexibility index (Phi) is 10.8. The molecule has 0 unspecified atom stereocenters. The van der Waals surface area contributed by atoms with Gasteiger partial charge in [0.15, 0.2) is 0 Å². The molecule has 0 N–H and O–H groups in total. The molecule has 1 saturated carbocycles. The van der Waals surface area contributed by atoms with E-state index in [-0.39, 0.29) is 19.4 Å². The van der Waals surface area contributed by atoms with Crippen LogP contribution in [0.2, 0.25) is 23.2 Å². The highest BCUT2D eigenvalue weighted by atomic mass is 35.5. The zero-order valence-corrected chi connectivity index (χ0v) is 21.5. The Bertz CT molecular complexity index is 649. The van der Waals surface area contributed by atoms with Gasteiger partial charge in [-0.05, 0) is 55.1 Å². The van der Waals surface area contributed by atoms with E-state index < -0.39 is 12.5 Å². The van der Waals surface area contributed by atoms with Crippen LogP contribution in [0, 0.1) is 17.7 Å². The van der Waals surface area contributed by atoms with Crippen LogP contribution in [0.1, 0.15) is 107 Å². The third-order valence-electron chi connectivity index (χ3n) is 8.31. The van der Waals surface area contributed by atoms with Crippen LogP contribution in [0.25, 0.3) is 0 Å². The molecule has 0 radical (unpaired) electrons. The van der Waals surface area contributed by atoms with Crippen LogP contribution in [0.4, 0.5) is 8.78 Å². The van der Waals surface area contributed by atoms with Crippen molar-refractivity contribution < 1.29 is 8.78 Å². The zero-order valence-electron chi connectivity index (χ0n) is 19.6. The van der Waals surface area contributed by atoms with Gasteiger partial charge in [0.2, 0.25) is 0 Å². The molecule has 2 fully saturated rings. The van der Waals surface area contributed by atoms with Gasteiger partial charge >= 0.3 is 0 Å². The fraction of sp³-hybridized carbons (Fsp3) is 0.778. The first-order chi connectivity index (χ1) is 15.1. The molecule has 0 atom stereocenters. The lowest BCUT2D eigenvalue weighted by atomic mass is 9.76. The van der Waals surface area contributed by atoms with Crippen LogP contribution in [-0.4, -0.2) is 8.80 Å². The summed E-state index contributed by atoms with van der Waals surface area (Å²) >= 11 is 5.85. The third kappa shape index (κ3) is 7.56. The summed E-state index contributed by atoms with van der Waals surface area (Å²) in [7, 11) is -0.359. The van der Waals surface area contributed by atoms with Crippen LogP contribution < -0.4 is 0 Å². The molecule has 1 aliphatic carbocycles. The van der Waals surface area contributed by atoms with Crippen molar-refractivity contribution in [2.24, 2.45) is 11.8 Å². The van der Waals surface area contributed by atoms with E-state index in [1.54, 1.807) is 24.2 Å². The largest absolute Gasteiger partial charge is 0.246 e. The second kappa shape index (κ2) is 13.3. The van der Waals surface area contributed by atoms with E-state index in [1.165, 1.54) is 70.6 Å². The summed E-state index contributed by atoms with van der Waals surface area (Å²) in [6.45, 7) is 1.55. The molecule has 1 aromatic rings. The van der Waals surface area contributed by atoms with E-state index in [9.17, 15) is 8.78 Å². The lowest BCUT2D eigenvalue weighted by Crippen LogP contribution is -2.21. The summed E-state index contributed by atoms with van der Waals surface area (Å²) in [5.41, 5.74) is 1.05. The molecule has 4 heteroatoms. The molecule has 0 aromatic heterocycles. The standard InChI is InChI=1S/C27H43ClF2Si/c1-2-3-6-17-31-18-15-22(16-19-31)8-5-4-7-21-9-11-23(12-10-21)24-13-14-26(28)27(30)25(24)20-29/h13-14,21-23,31H,2-12,15-20H2,1H3/t21-,22-,23-,31-. The van der Waals surface area contributed by atoms with Crippen LogP contribution in [0.15, 0.2) is 12.1 Å². The average Bonchev–Trinajstić information content (AvgIpc) is 2.80. The molecular formula is C27H43ClF2Si. The van der Waals surface area contributed by atoms with Gasteiger partial charge in [0.25, 0.3) is 0 Å². The fourth-order valence-electron chi connectivity index (χ4n) is 6.25. The number of benzene rings is 1. The minimum absolute atomic E-state index is 0.0393. The first-order valence-electron chi connectivity index (χ1n) is 13.1. The molecule has 1 heterocycles. The Morgan fingerprint density at radius 2 is 1.55 bits per heavy atom. The summed E-state index contributed by atoms with van der Waals surface area (Å²) in [5, 5.41) is 0.0393. The van der Waals surface area contributed by atoms with Crippen molar-refractivity contribution >= 4 is 20.4 Å². The van der Waals surface area contributed by atoms with Gasteiger partial charge in [0, 0.05) is 14.4 Å². The number of hydrogen-bond acceptors (Lipinski definition) is 0. The topological polar surface area (TPSA) is 0 Å². The Hall–Kier alpha value is -0.413. The van der Waals surface area contributed by atoms with Crippen molar-refractivity contribution in [3.05, 3.63) is 34.1 Å². The number of unbranched alkanes of at least 4 members (excludes halogenated alkanes) is 3. The molecule has 0 amide bonds. The summed E-state index contributed by atoms with van der Waals surface area (Å²) in [6, 6.07) is 8.29. The molecule has 0 spiro atoms. The van der Waals surface area contributed by atoms with Gasteiger partial charge in [-0.2, -0.15) is 0 Å². The van der Waals surface area contributed by atoms with E-state index in [4.69, 9.17) is 11.6 Å². The predicted octanol–water partition coefficient (Wildman–Crippen LogP) is 9.61. The van der Waals surface area contributed by atoms with Gasteiger partial charge in [-0.25, -0.2) is 8.78 Å². The van der Waals surface area contributed by atoms with E-state index in [0.29, 0.717) is 5.92 Å². The lowest BCUT2D eigenvalue weighted by molar-refractivity contribution is 0.295. The smallest absolute Gasteiger partial charge is 0.147 e. The summed E-state index contributed by atoms with van der Waals surface area (Å²) in [6.07, 6.45) is 17.5. The highest BCUT2D eigenvalue weighted by Gasteiger charge is 2.26. The maximum Gasteiger partial charge on any atom is 0.147 e. The Morgan fingerprint density at radius 1 is 0.903 bits per heavy atom. The van der Waals surface area contributed by atoms with E-state index >= 15 is 0 Å². The van der Waals surface area contributed by atoms with E-state index in [1.807, 2.05) is 6.07 Å². The SMILES string of the molecule is CCCCC[Si@H]1CC[C@H](CCCC[C@H]2CC[C@H](c3ccc(Cl)c(F)c3CF)CC2)CC1. The summed E-state index contributed by atoms with van der Waals surface area (Å²) in [4.78, 5) is 0. The van der Waals surface area contributed by atoms with Crippen molar-refractivity contribution in [3.8, 4) is 0 Å². The second-order valence-corrected chi connectivity index (χ2v) is 14.3. The molecule has 3 rings (SSSR count). The molecule has 31 heavy (non-hydrogen) atoms. The average molecular weight is 469 g/mol. The first kappa shape index (κ1) is 25.2. The third-order valence-corrected chi connectivity index (χ3v) is 12.1. The normalized spacial score (nSPS) is 26.8. The van der Waals surface area contributed by atoms with Crippen LogP contribution in [0.3, 0.4) is 0 Å². The highest BCUT2D eigenvalue weighted by Crippen LogP contribution is 2.41. The van der Waals surface area contributed by atoms with Crippen LogP contribution in [-0.2, 0) is 6.67 Å². The number of hydrogen-bond donors (Lipinski definition) is 0. The van der Waals surface area contributed by atoms with Crippen LogP contribution in [0.5, 0.6) is 0 Å². The van der Waals surface area contributed by atoms with Crippen molar-refractivity contribution in [1.82, 2.24) is 0 Å². The molecule has 1 aliphatic heterocycles. The first-order valence-corrected chi connectivity index (χ1v) is 16.0. The Morgan fingerprint density at radius 3 is 2.16 bits per heavy atom. The van der Waals surface area contributed by atoms with Crippen molar-refractivity contribution in [2.75, 3.05) is 0 Å². The Balaban J connectivity index is 1.30. The fourth-order valence-corrected chi connectivity index (χ4v) is 10.0. The molecule has 1 aromatic carbocycles. The molecule has 0 nitrogen and oxygen atoms in total. The van der Waals surface area contributed by atoms with Crippen molar-refractivity contribution in [2.45, 2.75) is 121 Å². The summed E-state index contributed by atoms with van der Waals surface area (Å²) in [5.74, 6) is 1.57.